The number of nitriles is 1. The molecule has 17 heavy (non-hydrogen) atoms. The van der Waals surface area contributed by atoms with E-state index in [0.29, 0.717) is 6.54 Å². The average molecular weight is 248 g/mol. The molecule has 0 fully saturated rings. The molecule has 0 aliphatic rings. The van der Waals surface area contributed by atoms with Gasteiger partial charge >= 0.3 is 0 Å². The molecule has 3 heteroatoms. The molecular weight excluding hydrogens is 228 g/mol. The molecule has 1 N–H and O–H groups in total. The minimum absolute atomic E-state index is 0.0618. The quantitative estimate of drug-likeness (QED) is 0.477. The first kappa shape index (κ1) is 14.1. The van der Waals surface area contributed by atoms with Gasteiger partial charge in [-0.1, -0.05) is 32.9 Å². The molecule has 1 aromatic rings. The Morgan fingerprint density at radius 1 is 1.29 bits per heavy atom. The van der Waals surface area contributed by atoms with Crippen molar-refractivity contribution >= 4 is 11.8 Å². The fourth-order valence-corrected chi connectivity index (χ4v) is 2.36. The topological polar surface area (TPSA) is 35.8 Å². The molecule has 0 spiro atoms. The first-order chi connectivity index (χ1) is 8.10. The molecule has 0 saturated heterocycles. The molecule has 1 aromatic carbocycles. The lowest BCUT2D eigenvalue weighted by Crippen LogP contribution is -2.33. The molecular formula is C14H20N2S. The van der Waals surface area contributed by atoms with E-state index >= 15 is 0 Å². The standard InChI is InChI=1S/C14H20N2S/c1-4-17-13-7-5-12(6-8-13)14(2,3)11-16-10-9-15/h5-8,16H,4,10-11H2,1-3H3. The molecule has 2 nitrogen and oxygen atoms in total. The summed E-state index contributed by atoms with van der Waals surface area (Å²) in [5, 5.41) is 11.7. The van der Waals surface area contributed by atoms with Crippen molar-refractivity contribution in [3.63, 3.8) is 0 Å². The van der Waals surface area contributed by atoms with E-state index in [9.17, 15) is 0 Å². The van der Waals surface area contributed by atoms with Gasteiger partial charge in [0, 0.05) is 16.9 Å². The van der Waals surface area contributed by atoms with Crippen molar-refractivity contribution in [3.8, 4) is 6.07 Å². The van der Waals surface area contributed by atoms with E-state index < -0.39 is 0 Å². The molecule has 0 unspecified atom stereocenters. The van der Waals surface area contributed by atoms with Crippen molar-refractivity contribution < 1.29 is 0 Å². The molecule has 0 aliphatic heterocycles. The van der Waals surface area contributed by atoms with Gasteiger partial charge in [0.2, 0.25) is 0 Å². The van der Waals surface area contributed by atoms with Crippen LogP contribution >= 0.6 is 11.8 Å². The van der Waals surface area contributed by atoms with Crippen molar-refractivity contribution in [1.29, 1.82) is 5.26 Å². The van der Waals surface area contributed by atoms with E-state index in [2.05, 4.69) is 56.4 Å². The summed E-state index contributed by atoms with van der Waals surface area (Å²) in [6.07, 6.45) is 0. The van der Waals surface area contributed by atoms with Gasteiger partial charge in [-0.05, 0) is 23.4 Å². The van der Waals surface area contributed by atoms with E-state index in [1.54, 1.807) is 0 Å². The Balaban J connectivity index is 2.67. The monoisotopic (exact) mass is 248 g/mol. The summed E-state index contributed by atoms with van der Waals surface area (Å²) >= 11 is 1.86. The van der Waals surface area contributed by atoms with Gasteiger partial charge in [-0.15, -0.1) is 11.8 Å². The SMILES string of the molecule is CCSc1ccc(C(C)(C)CNCC#N)cc1. The first-order valence-corrected chi connectivity index (χ1v) is 6.89. The minimum Gasteiger partial charge on any atom is -0.304 e. The summed E-state index contributed by atoms with van der Waals surface area (Å²) in [5.74, 6) is 1.10. The zero-order valence-electron chi connectivity index (χ0n) is 10.8. The Labute approximate surface area is 108 Å². The van der Waals surface area contributed by atoms with Gasteiger partial charge in [0.25, 0.3) is 0 Å². The number of hydrogen-bond acceptors (Lipinski definition) is 3. The lowest BCUT2D eigenvalue weighted by Gasteiger charge is -2.25. The van der Waals surface area contributed by atoms with Gasteiger partial charge in [-0.2, -0.15) is 5.26 Å². The molecule has 0 bridgehead atoms. The Kier molecular flexibility index (Phi) is 5.54. The van der Waals surface area contributed by atoms with Gasteiger partial charge in [-0.3, -0.25) is 0 Å². The molecule has 0 saturated carbocycles. The van der Waals surface area contributed by atoms with E-state index in [-0.39, 0.29) is 5.41 Å². The Hall–Kier alpha value is -0.980. The maximum Gasteiger partial charge on any atom is 0.0841 e. The third kappa shape index (κ3) is 4.41. The largest absolute Gasteiger partial charge is 0.304 e. The number of rotatable bonds is 6. The number of benzene rings is 1. The van der Waals surface area contributed by atoms with E-state index in [0.717, 1.165) is 12.3 Å². The summed E-state index contributed by atoms with van der Waals surface area (Å²) in [6, 6.07) is 10.8. The predicted octanol–water partition coefficient (Wildman–Crippen LogP) is 3.19. The number of nitrogens with zero attached hydrogens (tertiary/aromatic N) is 1. The Morgan fingerprint density at radius 2 is 1.94 bits per heavy atom. The predicted molar refractivity (Wildman–Crippen MR) is 74.3 cm³/mol. The fourth-order valence-electron chi connectivity index (χ4n) is 1.70. The van der Waals surface area contributed by atoms with Crippen LogP contribution < -0.4 is 5.32 Å². The second-order valence-corrected chi connectivity index (χ2v) is 5.94. The highest BCUT2D eigenvalue weighted by Gasteiger charge is 2.19. The van der Waals surface area contributed by atoms with Crippen molar-refractivity contribution in [1.82, 2.24) is 5.32 Å². The lowest BCUT2D eigenvalue weighted by molar-refractivity contribution is 0.484. The number of hydrogen-bond donors (Lipinski definition) is 1. The Bertz CT molecular complexity index is 376. The van der Waals surface area contributed by atoms with Gasteiger partial charge in [0.05, 0.1) is 12.6 Å². The van der Waals surface area contributed by atoms with Crippen LogP contribution in [-0.2, 0) is 5.41 Å². The highest BCUT2D eigenvalue weighted by molar-refractivity contribution is 7.99. The van der Waals surface area contributed by atoms with Crippen LogP contribution in [0.2, 0.25) is 0 Å². The lowest BCUT2D eigenvalue weighted by atomic mass is 9.84. The molecule has 0 atom stereocenters. The van der Waals surface area contributed by atoms with Crippen LogP contribution in [0, 0.1) is 11.3 Å². The number of nitrogens with one attached hydrogen (secondary N) is 1. The van der Waals surface area contributed by atoms with Crippen molar-refractivity contribution in [2.24, 2.45) is 0 Å². The maximum atomic E-state index is 8.51. The highest BCUT2D eigenvalue weighted by atomic mass is 32.2. The van der Waals surface area contributed by atoms with Gasteiger partial charge in [0.15, 0.2) is 0 Å². The van der Waals surface area contributed by atoms with Gasteiger partial charge in [0.1, 0.15) is 0 Å². The van der Waals surface area contributed by atoms with Crippen LogP contribution in [0.4, 0.5) is 0 Å². The molecule has 0 aliphatic carbocycles. The van der Waals surface area contributed by atoms with Crippen LogP contribution in [-0.4, -0.2) is 18.8 Å². The van der Waals surface area contributed by atoms with E-state index in [4.69, 9.17) is 5.26 Å². The zero-order chi connectivity index (χ0) is 12.7. The summed E-state index contributed by atoms with van der Waals surface area (Å²) in [5.41, 5.74) is 1.37. The third-order valence-electron chi connectivity index (χ3n) is 2.72. The van der Waals surface area contributed by atoms with Crippen molar-refractivity contribution in [2.75, 3.05) is 18.8 Å². The number of thioether (sulfide) groups is 1. The zero-order valence-corrected chi connectivity index (χ0v) is 11.6. The van der Waals surface area contributed by atoms with Gasteiger partial charge in [-0.25, -0.2) is 0 Å². The second kappa shape index (κ2) is 6.68. The van der Waals surface area contributed by atoms with Crippen LogP contribution in [0.15, 0.2) is 29.2 Å². The van der Waals surface area contributed by atoms with Gasteiger partial charge < -0.3 is 5.32 Å². The van der Waals surface area contributed by atoms with E-state index in [1.165, 1.54) is 10.5 Å². The van der Waals surface area contributed by atoms with Crippen LogP contribution in [0.5, 0.6) is 0 Å². The summed E-state index contributed by atoms with van der Waals surface area (Å²) in [4.78, 5) is 1.32. The highest BCUT2D eigenvalue weighted by Crippen LogP contribution is 2.25. The van der Waals surface area contributed by atoms with Crippen LogP contribution in [0.25, 0.3) is 0 Å². The van der Waals surface area contributed by atoms with Crippen LogP contribution in [0.1, 0.15) is 26.3 Å². The molecule has 1 rings (SSSR count). The van der Waals surface area contributed by atoms with Crippen LogP contribution in [0.3, 0.4) is 0 Å². The Morgan fingerprint density at radius 3 is 2.47 bits per heavy atom. The maximum absolute atomic E-state index is 8.51. The average Bonchev–Trinajstić information content (AvgIpc) is 2.30. The minimum atomic E-state index is 0.0618. The third-order valence-corrected chi connectivity index (χ3v) is 3.61. The molecule has 0 aromatic heterocycles. The summed E-state index contributed by atoms with van der Waals surface area (Å²) < 4.78 is 0. The second-order valence-electron chi connectivity index (χ2n) is 4.60. The molecule has 0 radical (unpaired) electrons. The summed E-state index contributed by atoms with van der Waals surface area (Å²) in [7, 11) is 0. The smallest absolute Gasteiger partial charge is 0.0841 e. The molecule has 0 amide bonds. The molecule has 0 heterocycles. The van der Waals surface area contributed by atoms with Crippen molar-refractivity contribution in [2.45, 2.75) is 31.1 Å². The summed E-state index contributed by atoms with van der Waals surface area (Å²) in [6.45, 7) is 7.78. The fraction of sp³-hybridized carbons (Fsp3) is 0.500. The first-order valence-electron chi connectivity index (χ1n) is 5.91. The van der Waals surface area contributed by atoms with E-state index in [1.807, 2.05) is 11.8 Å². The van der Waals surface area contributed by atoms with Crippen molar-refractivity contribution in [3.05, 3.63) is 29.8 Å². The normalized spacial score (nSPS) is 11.2. The molecule has 92 valence electrons.